The third kappa shape index (κ3) is 5.15. The van der Waals surface area contributed by atoms with Gasteiger partial charge in [-0.25, -0.2) is 28.7 Å². The zero-order valence-electron chi connectivity index (χ0n) is 19.9. The van der Waals surface area contributed by atoms with E-state index in [0.717, 1.165) is 0 Å². The van der Waals surface area contributed by atoms with E-state index in [1.165, 1.54) is 12.1 Å². The lowest BCUT2D eigenvalue weighted by Gasteiger charge is -2.26. The summed E-state index contributed by atoms with van der Waals surface area (Å²) in [6, 6.07) is 9.34. The van der Waals surface area contributed by atoms with Gasteiger partial charge in [0, 0.05) is 24.5 Å². The number of halogens is 3. The van der Waals surface area contributed by atoms with Crippen LogP contribution in [0.15, 0.2) is 42.6 Å². The van der Waals surface area contributed by atoms with Gasteiger partial charge in [-0.15, -0.1) is 0 Å². The molecule has 3 N–H and O–H groups in total. The maximum atomic E-state index is 13.3. The lowest BCUT2D eigenvalue weighted by molar-refractivity contribution is 0.0905. The summed E-state index contributed by atoms with van der Waals surface area (Å²) in [7, 11) is 1.76. The summed E-state index contributed by atoms with van der Waals surface area (Å²) in [5, 5.41) is 7.41. The van der Waals surface area contributed by atoms with Crippen molar-refractivity contribution in [3.05, 3.63) is 70.5 Å². The standard InChI is InChI=1S/C24H23ClF2N8O/c1-12-10-13(11-17(25)29-12)18-19(14-8-9-35(4)34-14)32-22(28)20(31-18)23(36)33-24(2,3)16-7-5-6-15(30-16)21(26)27/h5-11,21H,1-4H3,(H2,28,32)(H,33,36). The van der Waals surface area contributed by atoms with Crippen LogP contribution in [0.25, 0.3) is 22.6 Å². The van der Waals surface area contributed by atoms with Crippen molar-refractivity contribution in [2.24, 2.45) is 7.05 Å². The second-order valence-electron chi connectivity index (χ2n) is 8.68. The van der Waals surface area contributed by atoms with Crippen molar-refractivity contribution in [1.29, 1.82) is 0 Å². The van der Waals surface area contributed by atoms with Gasteiger partial charge in [-0.1, -0.05) is 17.7 Å². The molecule has 0 aliphatic rings. The highest BCUT2D eigenvalue weighted by atomic mass is 35.5. The number of hydrogen-bond acceptors (Lipinski definition) is 7. The van der Waals surface area contributed by atoms with E-state index in [9.17, 15) is 13.6 Å². The molecule has 4 aromatic heterocycles. The lowest BCUT2D eigenvalue weighted by Crippen LogP contribution is -2.42. The maximum Gasteiger partial charge on any atom is 0.280 e. The van der Waals surface area contributed by atoms with Crippen LogP contribution in [0, 0.1) is 6.92 Å². The number of nitrogens with two attached hydrogens (primary N) is 1. The zero-order chi connectivity index (χ0) is 26.2. The van der Waals surface area contributed by atoms with Gasteiger partial charge in [0.25, 0.3) is 12.3 Å². The molecule has 0 aromatic carbocycles. The van der Waals surface area contributed by atoms with Crippen molar-refractivity contribution in [3.63, 3.8) is 0 Å². The molecule has 4 aromatic rings. The van der Waals surface area contributed by atoms with Crippen molar-refractivity contribution in [2.45, 2.75) is 32.7 Å². The van der Waals surface area contributed by atoms with Gasteiger partial charge < -0.3 is 11.1 Å². The quantitative estimate of drug-likeness (QED) is 0.365. The van der Waals surface area contributed by atoms with Gasteiger partial charge in [-0.2, -0.15) is 5.10 Å². The number of hydrogen-bond donors (Lipinski definition) is 2. The van der Waals surface area contributed by atoms with Gasteiger partial charge in [0.05, 0.1) is 16.9 Å². The number of carbonyl (C=O) groups excluding carboxylic acids is 1. The van der Waals surface area contributed by atoms with Crippen molar-refractivity contribution < 1.29 is 13.6 Å². The Hall–Kier alpha value is -3.99. The molecule has 0 spiro atoms. The minimum atomic E-state index is -2.74. The van der Waals surface area contributed by atoms with Gasteiger partial charge >= 0.3 is 0 Å². The molecular weight excluding hydrogens is 490 g/mol. The van der Waals surface area contributed by atoms with Crippen LogP contribution in [0.5, 0.6) is 0 Å². The average Bonchev–Trinajstić information content (AvgIpc) is 3.24. The Kier molecular flexibility index (Phi) is 6.68. The van der Waals surface area contributed by atoms with Gasteiger partial charge in [-0.05, 0) is 51.1 Å². The number of alkyl halides is 2. The summed E-state index contributed by atoms with van der Waals surface area (Å²) in [5.41, 5.74) is 7.17. The first-order valence-corrected chi connectivity index (χ1v) is 11.2. The molecule has 0 atom stereocenters. The van der Waals surface area contributed by atoms with Crippen LogP contribution in [-0.2, 0) is 12.6 Å². The van der Waals surface area contributed by atoms with E-state index in [0.29, 0.717) is 28.3 Å². The van der Waals surface area contributed by atoms with Crippen LogP contribution in [0.4, 0.5) is 14.6 Å². The van der Waals surface area contributed by atoms with Crippen LogP contribution in [-0.4, -0.2) is 35.6 Å². The monoisotopic (exact) mass is 512 g/mol. The topological polar surface area (TPSA) is 124 Å². The summed E-state index contributed by atoms with van der Waals surface area (Å²) in [4.78, 5) is 30.5. The molecule has 0 saturated heterocycles. The maximum absolute atomic E-state index is 13.3. The molecule has 4 rings (SSSR count). The van der Waals surface area contributed by atoms with Crippen LogP contribution < -0.4 is 11.1 Å². The Labute approximate surface area is 210 Å². The SMILES string of the molecule is Cc1cc(-c2nc(C(=O)NC(C)(C)c3cccc(C(F)F)n3)c(N)nc2-c2ccn(C)n2)cc(Cl)n1. The van der Waals surface area contributed by atoms with Gasteiger partial charge in [0.1, 0.15) is 22.2 Å². The third-order valence-corrected chi connectivity index (χ3v) is 5.54. The summed E-state index contributed by atoms with van der Waals surface area (Å²) in [6.07, 6.45) is -0.999. The number of nitrogens with one attached hydrogen (secondary N) is 1. The van der Waals surface area contributed by atoms with E-state index in [1.54, 1.807) is 63.0 Å². The van der Waals surface area contributed by atoms with E-state index in [2.05, 4.69) is 30.4 Å². The van der Waals surface area contributed by atoms with Crippen molar-refractivity contribution in [2.75, 3.05) is 5.73 Å². The first kappa shape index (κ1) is 25.1. The number of amides is 1. The number of pyridine rings is 2. The zero-order valence-corrected chi connectivity index (χ0v) is 20.7. The number of carbonyl (C=O) groups is 1. The number of nitrogens with zero attached hydrogens (tertiary/aromatic N) is 6. The van der Waals surface area contributed by atoms with Gasteiger partial charge in [0.15, 0.2) is 11.5 Å². The van der Waals surface area contributed by atoms with Gasteiger partial charge in [-0.3, -0.25) is 9.48 Å². The highest BCUT2D eigenvalue weighted by Gasteiger charge is 2.29. The molecule has 0 saturated carbocycles. The fraction of sp³-hybridized carbons (Fsp3) is 0.250. The molecule has 1 amide bonds. The summed E-state index contributed by atoms with van der Waals surface area (Å²) in [6.45, 7) is 5.06. The van der Waals surface area contributed by atoms with E-state index in [4.69, 9.17) is 17.3 Å². The molecule has 0 aliphatic carbocycles. The number of aryl methyl sites for hydroxylation is 2. The van der Waals surface area contributed by atoms with Crippen molar-refractivity contribution >= 4 is 23.3 Å². The highest BCUT2D eigenvalue weighted by molar-refractivity contribution is 6.29. The number of nitrogen functional groups attached to an aromatic ring is 1. The van der Waals surface area contributed by atoms with E-state index in [-0.39, 0.29) is 28.1 Å². The molecule has 186 valence electrons. The first-order valence-electron chi connectivity index (χ1n) is 10.8. The second-order valence-corrected chi connectivity index (χ2v) is 9.06. The fourth-order valence-electron chi connectivity index (χ4n) is 3.63. The molecule has 0 radical (unpaired) electrons. The molecule has 36 heavy (non-hydrogen) atoms. The van der Waals surface area contributed by atoms with Crippen LogP contribution in [0.2, 0.25) is 5.15 Å². The largest absolute Gasteiger partial charge is 0.382 e. The number of aromatic nitrogens is 6. The third-order valence-electron chi connectivity index (χ3n) is 5.35. The second kappa shape index (κ2) is 9.57. The molecular formula is C24H23ClF2N8O. The summed E-state index contributed by atoms with van der Waals surface area (Å²) in [5.74, 6) is -0.779. The normalized spacial score (nSPS) is 11.7. The Bertz CT molecular complexity index is 1430. The lowest BCUT2D eigenvalue weighted by atomic mass is 9.99. The Morgan fingerprint density at radius 3 is 2.50 bits per heavy atom. The predicted octanol–water partition coefficient (Wildman–Crippen LogP) is 4.48. The smallest absolute Gasteiger partial charge is 0.280 e. The molecule has 0 aliphatic heterocycles. The molecule has 9 nitrogen and oxygen atoms in total. The molecule has 4 heterocycles. The molecule has 12 heteroatoms. The van der Waals surface area contributed by atoms with Crippen molar-refractivity contribution in [1.82, 2.24) is 35.0 Å². The Morgan fingerprint density at radius 2 is 1.86 bits per heavy atom. The minimum Gasteiger partial charge on any atom is -0.382 e. The van der Waals surface area contributed by atoms with E-state index < -0.39 is 17.9 Å². The van der Waals surface area contributed by atoms with E-state index in [1.807, 2.05) is 0 Å². The summed E-state index contributed by atoms with van der Waals surface area (Å²) < 4.78 is 27.9. The molecule has 0 fully saturated rings. The molecule has 0 bridgehead atoms. The van der Waals surface area contributed by atoms with Crippen LogP contribution >= 0.6 is 11.6 Å². The fourth-order valence-corrected chi connectivity index (χ4v) is 3.88. The predicted molar refractivity (Wildman–Crippen MR) is 131 cm³/mol. The minimum absolute atomic E-state index is 0.126. The Morgan fingerprint density at radius 1 is 1.11 bits per heavy atom. The molecule has 0 unspecified atom stereocenters. The van der Waals surface area contributed by atoms with Crippen molar-refractivity contribution in [3.8, 4) is 22.6 Å². The highest BCUT2D eigenvalue weighted by Crippen LogP contribution is 2.32. The van der Waals surface area contributed by atoms with Crippen LogP contribution in [0.3, 0.4) is 0 Å². The summed E-state index contributed by atoms with van der Waals surface area (Å²) >= 11 is 6.18. The average molecular weight is 513 g/mol. The first-order chi connectivity index (χ1) is 16.9. The van der Waals surface area contributed by atoms with Crippen LogP contribution in [0.1, 0.15) is 47.8 Å². The number of anilines is 1. The number of rotatable bonds is 6. The van der Waals surface area contributed by atoms with E-state index >= 15 is 0 Å². The Balaban J connectivity index is 1.78. The van der Waals surface area contributed by atoms with Gasteiger partial charge in [0.2, 0.25) is 0 Å².